The van der Waals surface area contributed by atoms with Crippen molar-refractivity contribution in [3.05, 3.63) is 65.7 Å². The Labute approximate surface area is 138 Å². The normalized spacial score (nSPS) is 14.0. The Morgan fingerprint density at radius 2 is 1.61 bits per heavy atom. The van der Waals surface area contributed by atoms with Crippen molar-refractivity contribution in [2.75, 3.05) is 25.0 Å². The molecule has 0 aliphatic carbocycles. The first-order chi connectivity index (χ1) is 11.2. The predicted molar refractivity (Wildman–Crippen MR) is 94.5 cm³/mol. The van der Waals surface area contributed by atoms with Gasteiger partial charge in [0.25, 0.3) is 0 Å². The van der Waals surface area contributed by atoms with Crippen molar-refractivity contribution in [1.29, 1.82) is 0 Å². The zero-order valence-electron chi connectivity index (χ0n) is 13.7. The molecule has 0 spiro atoms. The van der Waals surface area contributed by atoms with Gasteiger partial charge in [-0.2, -0.15) is 0 Å². The molecule has 23 heavy (non-hydrogen) atoms. The van der Waals surface area contributed by atoms with Crippen LogP contribution in [0, 0.1) is 0 Å². The first kappa shape index (κ1) is 15.6. The standard InChI is InChI=1S/C20H24N2O/c1-21(16-18-7-3-2-4-8-18)20(23)15-17-9-11-19(12-10-17)22-13-5-6-14-22/h2-4,7-12H,5-6,13-16H2,1H3. The Hall–Kier alpha value is -2.29. The van der Waals surface area contributed by atoms with Gasteiger partial charge in [0, 0.05) is 32.4 Å². The Morgan fingerprint density at radius 1 is 0.957 bits per heavy atom. The molecule has 0 N–H and O–H groups in total. The minimum absolute atomic E-state index is 0.155. The van der Waals surface area contributed by atoms with Crippen LogP contribution >= 0.6 is 0 Å². The van der Waals surface area contributed by atoms with E-state index in [1.165, 1.54) is 18.5 Å². The molecule has 1 aliphatic heterocycles. The second kappa shape index (κ2) is 7.32. The van der Waals surface area contributed by atoms with Crippen molar-refractivity contribution in [3.63, 3.8) is 0 Å². The predicted octanol–water partition coefficient (Wildman–Crippen LogP) is 3.49. The molecule has 2 aromatic rings. The summed E-state index contributed by atoms with van der Waals surface area (Å²) >= 11 is 0. The van der Waals surface area contributed by atoms with Crippen molar-refractivity contribution >= 4 is 11.6 Å². The number of likely N-dealkylation sites (N-methyl/N-ethyl adjacent to an activating group) is 1. The van der Waals surface area contributed by atoms with Crippen LogP contribution in [-0.4, -0.2) is 30.9 Å². The summed E-state index contributed by atoms with van der Waals surface area (Å²) in [6.45, 7) is 2.96. The zero-order valence-corrected chi connectivity index (χ0v) is 13.7. The van der Waals surface area contributed by atoms with Crippen LogP contribution in [0.2, 0.25) is 0 Å². The first-order valence-corrected chi connectivity index (χ1v) is 8.34. The maximum absolute atomic E-state index is 12.4. The molecular weight excluding hydrogens is 284 g/mol. The lowest BCUT2D eigenvalue weighted by Crippen LogP contribution is -2.27. The highest BCUT2D eigenvalue weighted by molar-refractivity contribution is 5.78. The Bertz CT molecular complexity index is 630. The fourth-order valence-electron chi connectivity index (χ4n) is 3.05. The van der Waals surface area contributed by atoms with E-state index >= 15 is 0 Å². The zero-order chi connectivity index (χ0) is 16.1. The Kier molecular flexibility index (Phi) is 4.96. The van der Waals surface area contributed by atoms with Crippen LogP contribution in [0.1, 0.15) is 24.0 Å². The molecule has 120 valence electrons. The maximum atomic E-state index is 12.4. The van der Waals surface area contributed by atoms with Crippen molar-refractivity contribution in [3.8, 4) is 0 Å². The number of hydrogen-bond acceptors (Lipinski definition) is 2. The summed E-state index contributed by atoms with van der Waals surface area (Å²) in [4.78, 5) is 16.6. The molecule has 3 rings (SSSR count). The number of amides is 1. The van der Waals surface area contributed by atoms with Crippen LogP contribution in [0.15, 0.2) is 54.6 Å². The van der Waals surface area contributed by atoms with Gasteiger partial charge in [0.05, 0.1) is 6.42 Å². The van der Waals surface area contributed by atoms with E-state index in [9.17, 15) is 4.79 Å². The van der Waals surface area contributed by atoms with Crippen LogP contribution < -0.4 is 4.90 Å². The van der Waals surface area contributed by atoms with Crippen LogP contribution in [0.5, 0.6) is 0 Å². The number of rotatable bonds is 5. The van der Waals surface area contributed by atoms with Gasteiger partial charge < -0.3 is 9.80 Å². The third-order valence-electron chi connectivity index (χ3n) is 4.45. The van der Waals surface area contributed by atoms with Gasteiger partial charge in [-0.15, -0.1) is 0 Å². The molecule has 1 heterocycles. The number of carbonyl (C=O) groups excluding carboxylic acids is 1. The topological polar surface area (TPSA) is 23.6 Å². The van der Waals surface area contributed by atoms with Crippen molar-refractivity contribution in [2.45, 2.75) is 25.8 Å². The van der Waals surface area contributed by atoms with Crippen LogP contribution in [0.4, 0.5) is 5.69 Å². The van der Waals surface area contributed by atoms with E-state index in [1.54, 1.807) is 4.90 Å². The summed E-state index contributed by atoms with van der Waals surface area (Å²) in [6, 6.07) is 18.6. The highest BCUT2D eigenvalue weighted by Crippen LogP contribution is 2.20. The Morgan fingerprint density at radius 3 is 2.26 bits per heavy atom. The Balaban J connectivity index is 1.56. The molecule has 3 nitrogen and oxygen atoms in total. The lowest BCUT2D eigenvalue weighted by atomic mass is 10.1. The average Bonchev–Trinajstić information content (AvgIpc) is 3.11. The summed E-state index contributed by atoms with van der Waals surface area (Å²) in [5.74, 6) is 0.155. The fraction of sp³-hybridized carbons (Fsp3) is 0.350. The third-order valence-corrected chi connectivity index (χ3v) is 4.45. The van der Waals surface area contributed by atoms with E-state index in [4.69, 9.17) is 0 Å². The monoisotopic (exact) mass is 308 g/mol. The lowest BCUT2D eigenvalue weighted by molar-refractivity contribution is -0.129. The molecule has 0 bridgehead atoms. The van der Waals surface area contributed by atoms with Gasteiger partial charge in [0.2, 0.25) is 5.91 Å². The molecule has 0 unspecified atom stereocenters. The minimum atomic E-state index is 0.155. The highest BCUT2D eigenvalue weighted by Gasteiger charge is 2.13. The highest BCUT2D eigenvalue weighted by atomic mass is 16.2. The van der Waals surface area contributed by atoms with E-state index in [0.717, 1.165) is 24.2 Å². The molecule has 0 saturated carbocycles. The molecule has 1 aliphatic rings. The quantitative estimate of drug-likeness (QED) is 0.844. The van der Waals surface area contributed by atoms with Crippen molar-refractivity contribution < 1.29 is 4.79 Å². The van der Waals surface area contributed by atoms with Crippen LogP contribution in [0.3, 0.4) is 0 Å². The van der Waals surface area contributed by atoms with Crippen LogP contribution in [0.25, 0.3) is 0 Å². The number of anilines is 1. The third kappa shape index (κ3) is 4.13. The second-order valence-corrected chi connectivity index (χ2v) is 6.27. The maximum Gasteiger partial charge on any atom is 0.227 e. The van der Waals surface area contributed by atoms with Gasteiger partial charge in [-0.25, -0.2) is 0 Å². The SMILES string of the molecule is CN(Cc1ccccc1)C(=O)Cc1ccc(N2CCCC2)cc1. The number of hydrogen-bond donors (Lipinski definition) is 0. The largest absolute Gasteiger partial charge is 0.372 e. The average molecular weight is 308 g/mol. The molecule has 1 saturated heterocycles. The second-order valence-electron chi connectivity index (χ2n) is 6.27. The molecule has 3 heteroatoms. The van der Waals surface area contributed by atoms with Gasteiger partial charge in [0.1, 0.15) is 0 Å². The molecule has 2 aromatic carbocycles. The number of benzene rings is 2. The molecule has 0 aromatic heterocycles. The summed E-state index contributed by atoms with van der Waals surface area (Å²) in [5, 5.41) is 0. The summed E-state index contributed by atoms with van der Waals surface area (Å²) in [6.07, 6.45) is 3.03. The molecule has 1 fully saturated rings. The molecule has 0 radical (unpaired) electrons. The van der Waals surface area contributed by atoms with Gasteiger partial charge in [-0.3, -0.25) is 4.79 Å². The van der Waals surface area contributed by atoms with E-state index in [-0.39, 0.29) is 5.91 Å². The van der Waals surface area contributed by atoms with E-state index in [2.05, 4.69) is 41.3 Å². The van der Waals surface area contributed by atoms with E-state index in [1.807, 2.05) is 25.2 Å². The number of carbonyl (C=O) groups is 1. The smallest absolute Gasteiger partial charge is 0.227 e. The lowest BCUT2D eigenvalue weighted by Gasteiger charge is -2.19. The van der Waals surface area contributed by atoms with Gasteiger partial charge in [-0.1, -0.05) is 42.5 Å². The first-order valence-electron chi connectivity index (χ1n) is 8.34. The molecule has 0 atom stereocenters. The summed E-state index contributed by atoms with van der Waals surface area (Å²) in [5.41, 5.74) is 3.52. The van der Waals surface area contributed by atoms with Crippen molar-refractivity contribution in [1.82, 2.24) is 4.90 Å². The summed E-state index contributed by atoms with van der Waals surface area (Å²) < 4.78 is 0. The molecule has 1 amide bonds. The van der Waals surface area contributed by atoms with Gasteiger partial charge in [-0.05, 0) is 36.1 Å². The van der Waals surface area contributed by atoms with Crippen molar-refractivity contribution in [2.24, 2.45) is 0 Å². The van der Waals surface area contributed by atoms with Gasteiger partial charge in [0.15, 0.2) is 0 Å². The minimum Gasteiger partial charge on any atom is -0.372 e. The molecular formula is C20H24N2O. The fourth-order valence-corrected chi connectivity index (χ4v) is 3.05. The number of nitrogens with zero attached hydrogens (tertiary/aromatic N) is 2. The van der Waals surface area contributed by atoms with Gasteiger partial charge >= 0.3 is 0 Å². The van der Waals surface area contributed by atoms with Crippen LogP contribution in [-0.2, 0) is 17.8 Å². The summed E-state index contributed by atoms with van der Waals surface area (Å²) in [7, 11) is 1.87. The van der Waals surface area contributed by atoms with E-state index in [0.29, 0.717) is 13.0 Å². The van der Waals surface area contributed by atoms with E-state index < -0.39 is 0 Å².